The first-order valence-corrected chi connectivity index (χ1v) is 9.12. The summed E-state index contributed by atoms with van der Waals surface area (Å²) in [6.45, 7) is 5.90. The van der Waals surface area contributed by atoms with Crippen molar-refractivity contribution in [2.75, 3.05) is 38.8 Å². The van der Waals surface area contributed by atoms with Crippen molar-refractivity contribution in [3.63, 3.8) is 0 Å². The van der Waals surface area contributed by atoms with Gasteiger partial charge in [-0.15, -0.1) is 0 Å². The molecule has 0 aliphatic heterocycles. The molecule has 0 saturated heterocycles. The molecular weight excluding hydrogens is 326 g/mol. The zero-order valence-electron chi connectivity index (χ0n) is 16.6. The van der Waals surface area contributed by atoms with Gasteiger partial charge in [0.2, 0.25) is 5.95 Å². The van der Waals surface area contributed by atoms with Crippen molar-refractivity contribution in [1.82, 2.24) is 14.9 Å². The first-order valence-electron chi connectivity index (χ1n) is 9.12. The van der Waals surface area contributed by atoms with Gasteiger partial charge >= 0.3 is 0 Å². The van der Waals surface area contributed by atoms with Crippen molar-refractivity contribution in [2.45, 2.75) is 39.7 Å². The number of hydrogen-bond donors (Lipinski definition) is 2. The van der Waals surface area contributed by atoms with E-state index in [9.17, 15) is 0 Å². The fraction of sp³-hybridized carbons (Fsp3) is 0.500. The van der Waals surface area contributed by atoms with Crippen LogP contribution in [0.3, 0.4) is 0 Å². The van der Waals surface area contributed by atoms with E-state index in [1.807, 2.05) is 6.92 Å². The summed E-state index contributed by atoms with van der Waals surface area (Å²) in [5.74, 6) is 2.02. The molecule has 1 heterocycles. The zero-order valence-corrected chi connectivity index (χ0v) is 16.6. The summed E-state index contributed by atoms with van der Waals surface area (Å²) in [5, 5.41) is 3.41. The van der Waals surface area contributed by atoms with Crippen molar-refractivity contribution in [3.05, 3.63) is 40.6 Å². The fourth-order valence-electron chi connectivity index (χ4n) is 2.95. The maximum Gasteiger partial charge on any atom is 0.222 e. The first-order chi connectivity index (χ1) is 12.4. The Morgan fingerprint density at radius 3 is 2.65 bits per heavy atom. The van der Waals surface area contributed by atoms with Crippen LogP contribution in [-0.2, 0) is 13.0 Å². The van der Waals surface area contributed by atoms with Crippen molar-refractivity contribution in [3.8, 4) is 5.75 Å². The number of nitrogens with zero attached hydrogens (tertiary/aromatic N) is 3. The van der Waals surface area contributed by atoms with Crippen LogP contribution in [0, 0.1) is 6.92 Å². The van der Waals surface area contributed by atoms with Gasteiger partial charge in [-0.25, -0.2) is 4.98 Å². The first kappa shape index (κ1) is 20.0. The number of unbranched alkanes of at least 4 members (excludes halogenated alkanes) is 1. The Labute approximate surface area is 156 Å². The molecule has 0 unspecified atom stereocenters. The third-order valence-electron chi connectivity index (χ3n) is 4.27. The van der Waals surface area contributed by atoms with Gasteiger partial charge in [0, 0.05) is 30.8 Å². The van der Waals surface area contributed by atoms with Gasteiger partial charge in [0.05, 0.1) is 7.11 Å². The number of nitrogens with one attached hydrogen (secondary N) is 1. The second-order valence-electron chi connectivity index (χ2n) is 6.84. The van der Waals surface area contributed by atoms with Crippen molar-refractivity contribution >= 4 is 11.8 Å². The molecule has 0 aliphatic rings. The number of nitrogens with two attached hydrogens (primary N) is 1. The molecule has 142 valence electrons. The molecule has 3 N–H and O–H groups in total. The minimum atomic E-state index is 0.304. The predicted molar refractivity (Wildman–Crippen MR) is 108 cm³/mol. The van der Waals surface area contributed by atoms with E-state index < -0.39 is 0 Å². The van der Waals surface area contributed by atoms with Gasteiger partial charge in [0.15, 0.2) is 0 Å². The molecular formula is C20H31N5O. The van der Waals surface area contributed by atoms with Crippen LogP contribution < -0.4 is 15.8 Å². The van der Waals surface area contributed by atoms with Crippen LogP contribution in [0.15, 0.2) is 18.2 Å². The molecule has 0 spiro atoms. The zero-order chi connectivity index (χ0) is 19.1. The molecule has 6 heteroatoms. The van der Waals surface area contributed by atoms with Crippen LogP contribution in [0.1, 0.15) is 42.1 Å². The minimum Gasteiger partial charge on any atom is -0.496 e. The minimum absolute atomic E-state index is 0.304. The van der Waals surface area contributed by atoms with E-state index >= 15 is 0 Å². The van der Waals surface area contributed by atoms with Crippen LogP contribution in [0.4, 0.5) is 11.8 Å². The summed E-state index contributed by atoms with van der Waals surface area (Å²) < 4.78 is 5.64. The molecule has 1 aromatic carbocycles. The van der Waals surface area contributed by atoms with Gasteiger partial charge in [-0.2, -0.15) is 4.98 Å². The number of aromatic nitrogens is 2. The van der Waals surface area contributed by atoms with Crippen LogP contribution in [0.25, 0.3) is 0 Å². The number of rotatable bonds is 9. The molecule has 0 amide bonds. The average molecular weight is 358 g/mol. The summed E-state index contributed by atoms with van der Waals surface area (Å²) in [5.41, 5.74) is 10.2. The number of ether oxygens (including phenoxy) is 1. The Balaban J connectivity index is 2.32. The van der Waals surface area contributed by atoms with E-state index in [-0.39, 0.29) is 0 Å². The van der Waals surface area contributed by atoms with E-state index in [2.05, 4.69) is 59.4 Å². The standard InChI is InChI=1S/C20H31N5O/c1-6-7-10-22-19-17(14(2)23-20(21)24-19)12-16-9-8-15(13-25(3)4)11-18(16)26-5/h8-9,11H,6-7,10,12-13H2,1-5H3,(H3,21,22,23,24). The van der Waals surface area contributed by atoms with E-state index in [4.69, 9.17) is 10.5 Å². The van der Waals surface area contributed by atoms with Crippen LogP contribution in [0.2, 0.25) is 0 Å². The molecule has 2 aromatic rings. The maximum atomic E-state index is 5.86. The van der Waals surface area contributed by atoms with Gasteiger partial charge in [-0.05, 0) is 44.6 Å². The number of nitrogen functional groups attached to an aromatic ring is 1. The summed E-state index contributed by atoms with van der Waals surface area (Å²) in [6.07, 6.45) is 2.92. The Bertz CT molecular complexity index is 730. The van der Waals surface area contributed by atoms with Crippen molar-refractivity contribution in [2.24, 2.45) is 0 Å². The van der Waals surface area contributed by atoms with Gasteiger partial charge < -0.3 is 20.7 Å². The summed E-state index contributed by atoms with van der Waals surface area (Å²) >= 11 is 0. The molecule has 0 bridgehead atoms. The van der Waals surface area contributed by atoms with E-state index in [1.54, 1.807) is 7.11 Å². The highest BCUT2D eigenvalue weighted by Crippen LogP contribution is 2.27. The van der Waals surface area contributed by atoms with Crippen LogP contribution >= 0.6 is 0 Å². The van der Waals surface area contributed by atoms with Gasteiger partial charge in [-0.1, -0.05) is 25.5 Å². The average Bonchev–Trinajstić information content (AvgIpc) is 2.58. The van der Waals surface area contributed by atoms with E-state index in [0.717, 1.165) is 54.3 Å². The molecule has 26 heavy (non-hydrogen) atoms. The Morgan fingerprint density at radius 2 is 2.00 bits per heavy atom. The summed E-state index contributed by atoms with van der Waals surface area (Å²) in [4.78, 5) is 10.9. The highest BCUT2D eigenvalue weighted by atomic mass is 16.5. The number of anilines is 2. The number of benzene rings is 1. The third-order valence-corrected chi connectivity index (χ3v) is 4.27. The smallest absolute Gasteiger partial charge is 0.222 e. The molecule has 6 nitrogen and oxygen atoms in total. The van der Waals surface area contributed by atoms with E-state index in [1.165, 1.54) is 5.56 Å². The Hall–Kier alpha value is -2.34. The van der Waals surface area contributed by atoms with Gasteiger partial charge in [0.1, 0.15) is 11.6 Å². The lowest BCUT2D eigenvalue weighted by atomic mass is 10.0. The molecule has 0 saturated carbocycles. The van der Waals surface area contributed by atoms with Crippen LogP contribution in [0.5, 0.6) is 5.75 Å². The normalized spacial score (nSPS) is 11.0. The number of hydrogen-bond acceptors (Lipinski definition) is 6. The van der Waals surface area contributed by atoms with Gasteiger partial charge in [-0.3, -0.25) is 0 Å². The number of aryl methyl sites for hydroxylation is 1. The molecule has 0 aliphatic carbocycles. The quantitative estimate of drug-likeness (QED) is 0.671. The largest absolute Gasteiger partial charge is 0.496 e. The highest BCUT2D eigenvalue weighted by Gasteiger charge is 2.14. The fourth-order valence-corrected chi connectivity index (χ4v) is 2.95. The molecule has 0 fully saturated rings. The monoisotopic (exact) mass is 357 g/mol. The van der Waals surface area contributed by atoms with Crippen molar-refractivity contribution in [1.29, 1.82) is 0 Å². The Kier molecular flexibility index (Phi) is 7.21. The molecule has 1 aromatic heterocycles. The topological polar surface area (TPSA) is 76.3 Å². The third kappa shape index (κ3) is 5.33. The lowest BCUT2D eigenvalue weighted by Crippen LogP contribution is -2.12. The molecule has 2 rings (SSSR count). The lowest BCUT2D eigenvalue weighted by molar-refractivity contribution is 0.393. The second kappa shape index (κ2) is 9.38. The summed E-state index contributed by atoms with van der Waals surface area (Å²) in [7, 11) is 5.83. The van der Waals surface area contributed by atoms with E-state index in [0.29, 0.717) is 12.4 Å². The Morgan fingerprint density at radius 1 is 1.23 bits per heavy atom. The number of methoxy groups -OCH3 is 1. The highest BCUT2D eigenvalue weighted by molar-refractivity contribution is 5.53. The SMILES string of the molecule is CCCCNc1nc(N)nc(C)c1Cc1ccc(CN(C)C)cc1OC. The van der Waals surface area contributed by atoms with Crippen molar-refractivity contribution < 1.29 is 4.74 Å². The molecule has 0 radical (unpaired) electrons. The van der Waals surface area contributed by atoms with Crippen LogP contribution in [-0.4, -0.2) is 42.6 Å². The maximum absolute atomic E-state index is 5.86. The lowest BCUT2D eigenvalue weighted by Gasteiger charge is -2.17. The molecule has 0 atom stereocenters. The second-order valence-corrected chi connectivity index (χ2v) is 6.84. The van der Waals surface area contributed by atoms with Gasteiger partial charge in [0.25, 0.3) is 0 Å². The summed E-state index contributed by atoms with van der Waals surface area (Å²) in [6, 6.07) is 6.38. The predicted octanol–water partition coefficient (Wildman–Crippen LogP) is 3.24.